The Morgan fingerprint density at radius 1 is 1.32 bits per heavy atom. The summed E-state index contributed by atoms with van der Waals surface area (Å²) in [6.07, 6.45) is 3.03. The lowest BCUT2D eigenvalue weighted by atomic mass is 10.2. The summed E-state index contributed by atoms with van der Waals surface area (Å²) in [4.78, 5) is 28.1. The number of rotatable bonds is 5. The van der Waals surface area contributed by atoms with Crippen molar-refractivity contribution in [1.82, 2.24) is 9.55 Å². The molecule has 0 fully saturated rings. The molecule has 22 heavy (non-hydrogen) atoms. The highest BCUT2D eigenvalue weighted by Gasteiger charge is 2.09. The number of hydrogen-bond donors (Lipinski definition) is 1. The maximum Gasteiger partial charge on any atom is 0.253 e. The lowest BCUT2D eigenvalue weighted by molar-refractivity contribution is -0.116. The second kappa shape index (κ2) is 7.42. The van der Waals surface area contributed by atoms with Gasteiger partial charge < -0.3 is 5.32 Å². The van der Waals surface area contributed by atoms with Crippen molar-refractivity contribution in [2.45, 2.75) is 26.3 Å². The van der Waals surface area contributed by atoms with Crippen LogP contribution in [0.4, 0.5) is 5.69 Å². The van der Waals surface area contributed by atoms with E-state index in [1.165, 1.54) is 23.0 Å². The number of hydrogen-bond acceptors (Lipinski definition) is 3. The molecular formula is C15H15Cl2N3O2. The van der Waals surface area contributed by atoms with Crippen molar-refractivity contribution >= 4 is 34.8 Å². The van der Waals surface area contributed by atoms with E-state index in [0.717, 1.165) is 18.5 Å². The van der Waals surface area contributed by atoms with Gasteiger partial charge in [0.15, 0.2) is 0 Å². The fourth-order valence-electron chi connectivity index (χ4n) is 1.91. The van der Waals surface area contributed by atoms with E-state index in [1.807, 2.05) is 6.92 Å². The molecule has 1 heterocycles. The number of amides is 1. The van der Waals surface area contributed by atoms with Crippen LogP contribution in [0, 0.1) is 0 Å². The summed E-state index contributed by atoms with van der Waals surface area (Å²) in [6.45, 7) is 1.88. The number of anilines is 1. The van der Waals surface area contributed by atoms with Crippen LogP contribution in [-0.4, -0.2) is 15.5 Å². The van der Waals surface area contributed by atoms with Crippen LogP contribution >= 0.6 is 23.2 Å². The van der Waals surface area contributed by atoms with Crippen molar-refractivity contribution in [2.24, 2.45) is 0 Å². The molecule has 2 rings (SSSR count). The molecule has 116 valence electrons. The number of nitrogens with zero attached hydrogens (tertiary/aromatic N) is 2. The first kappa shape index (κ1) is 16.5. The average molecular weight is 340 g/mol. The van der Waals surface area contributed by atoms with Gasteiger partial charge in [-0.05, 0) is 24.6 Å². The van der Waals surface area contributed by atoms with Gasteiger partial charge in [0.05, 0.1) is 17.0 Å². The van der Waals surface area contributed by atoms with Crippen LogP contribution in [0.15, 0.2) is 35.4 Å². The maximum absolute atomic E-state index is 12.0. The topological polar surface area (TPSA) is 64.0 Å². The van der Waals surface area contributed by atoms with E-state index in [9.17, 15) is 9.59 Å². The van der Waals surface area contributed by atoms with Crippen molar-refractivity contribution in [3.63, 3.8) is 0 Å². The van der Waals surface area contributed by atoms with Gasteiger partial charge in [0.25, 0.3) is 5.56 Å². The van der Waals surface area contributed by atoms with Crippen molar-refractivity contribution in [1.29, 1.82) is 0 Å². The standard InChI is InChI=1S/C15H15Cl2N3O2/c1-2-3-11-7-15(22)20(9-18-11)8-14(21)19-13-5-4-10(16)6-12(13)17/h4-7,9H,2-3,8H2,1H3,(H,19,21). The van der Waals surface area contributed by atoms with Crippen LogP contribution in [0.2, 0.25) is 10.0 Å². The fourth-order valence-corrected chi connectivity index (χ4v) is 2.37. The lowest BCUT2D eigenvalue weighted by Crippen LogP contribution is -2.28. The van der Waals surface area contributed by atoms with Crippen LogP contribution in [0.25, 0.3) is 0 Å². The summed E-state index contributed by atoms with van der Waals surface area (Å²) in [5, 5.41) is 3.45. The zero-order valence-corrected chi connectivity index (χ0v) is 13.5. The Balaban J connectivity index is 2.07. The molecular weight excluding hydrogens is 325 g/mol. The van der Waals surface area contributed by atoms with Gasteiger partial charge in [0.2, 0.25) is 5.91 Å². The summed E-state index contributed by atoms with van der Waals surface area (Å²) in [5.74, 6) is -0.364. The number of benzene rings is 1. The summed E-state index contributed by atoms with van der Waals surface area (Å²) in [6, 6.07) is 6.21. The zero-order chi connectivity index (χ0) is 16.1. The molecule has 0 aliphatic heterocycles. The third-order valence-corrected chi connectivity index (χ3v) is 3.51. The van der Waals surface area contributed by atoms with E-state index < -0.39 is 0 Å². The summed E-state index contributed by atoms with van der Waals surface area (Å²) in [5.41, 5.74) is 0.917. The number of aryl methyl sites for hydroxylation is 1. The Morgan fingerprint density at radius 2 is 2.09 bits per heavy atom. The average Bonchev–Trinajstić information content (AvgIpc) is 2.45. The van der Waals surface area contributed by atoms with E-state index in [2.05, 4.69) is 10.3 Å². The molecule has 0 spiro atoms. The van der Waals surface area contributed by atoms with Gasteiger partial charge in [-0.1, -0.05) is 36.5 Å². The van der Waals surface area contributed by atoms with Crippen LogP contribution in [0.5, 0.6) is 0 Å². The van der Waals surface area contributed by atoms with Crippen LogP contribution < -0.4 is 10.9 Å². The molecule has 1 aromatic heterocycles. The number of aromatic nitrogens is 2. The van der Waals surface area contributed by atoms with E-state index >= 15 is 0 Å². The van der Waals surface area contributed by atoms with Crippen molar-refractivity contribution < 1.29 is 4.79 Å². The first-order chi connectivity index (χ1) is 10.5. The largest absolute Gasteiger partial charge is 0.323 e. The van der Waals surface area contributed by atoms with Crippen LogP contribution in [0.3, 0.4) is 0 Å². The summed E-state index contributed by atoms with van der Waals surface area (Å²) >= 11 is 11.8. The highest BCUT2D eigenvalue weighted by molar-refractivity contribution is 6.36. The third-order valence-electron chi connectivity index (χ3n) is 2.96. The molecule has 2 aromatic rings. The minimum absolute atomic E-state index is 0.128. The van der Waals surface area contributed by atoms with E-state index in [-0.39, 0.29) is 18.0 Å². The summed E-state index contributed by atoms with van der Waals surface area (Å²) < 4.78 is 1.25. The Bertz CT molecular complexity index is 744. The van der Waals surface area contributed by atoms with Crippen molar-refractivity contribution in [3.8, 4) is 0 Å². The highest BCUT2D eigenvalue weighted by Crippen LogP contribution is 2.25. The zero-order valence-electron chi connectivity index (χ0n) is 12.0. The second-order valence-corrected chi connectivity index (χ2v) is 5.61. The predicted molar refractivity (Wildman–Crippen MR) is 87.6 cm³/mol. The molecule has 0 aliphatic carbocycles. The summed E-state index contributed by atoms with van der Waals surface area (Å²) in [7, 11) is 0. The molecule has 1 amide bonds. The van der Waals surface area contributed by atoms with E-state index in [0.29, 0.717) is 15.7 Å². The minimum atomic E-state index is -0.364. The maximum atomic E-state index is 12.0. The van der Waals surface area contributed by atoms with Gasteiger partial charge in [0.1, 0.15) is 6.54 Å². The van der Waals surface area contributed by atoms with Gasteiger partial charge >= 0.3 is 0 Å². The highest BCUT2D eigenvalue weighted by atomic mass is 35.5. The molecule has 0 saturated carbocycles. The fraction of sp³-hybridized carbons (Fsp3) is 0.267. The third kappa shape index (κ3) is 4.32. The van der Waals surface area contributed by atoms with Crippen LogP contribution in [-0.2, 0) is 17.8 Å². The lowest BCUT2D eigenvalue weighted by Gasteiger charge is -2.09. The SMILES string of the molecule is CCCc1cc(=O)n(CC(=O)Nc2ccc(Cl)cc2Cl)cn1. The smallest absolute Gasteiger partial charge is 0.253 e. The molecule has 1 N–H and O–H groups in total. The van der Waals surface area contributed by atoms with Gasteiger partial charge in [0, 0.05) is 16.8 Å². The Hall–Kier alpha value is -1.85. The molecule has 0 bridgehead atoms. The minimum Gasteiger partial charge on any atom is -0.323 e. The Kier molecular flexibility index (Phi) is 5.57. The number of halogens is 2. The molecule has 0 radical (unpaired) electrons. The molecule has 5 nitrogen and oxygen atoms in total. The molecule has 0 atom stereocenters. The Labute approximate surface area is 137 Å². The van der Waals surface area contributed by atoms with Crippen molar-refractivity contribution in [3.05, 3.63) is 56.7 Å². The molecule has 0 aliphatic rings. The molecule has 0 unspecified atom stereocenters. The number of nitrogens with one attached hydrogen (secondary N) is 1. The van der Waals surface area contributed by atoms with Crippen LogP contribution in [0.1, 0.15) is 19.0 Å². The van der Waals surface area contributed by atoms with E-state index in [4.69, 9.17) is 23.2 Å². The van der Waals surface area contributed by atoms with Gasteiger partial charge in [-0.25, -0.2) is 4.98 Å². The predicted octanol–water partition coefficient (Wildman–Crippen LogP) is 3.14. The monoisotopic (exact) mass is 339 g/mol. The first-order valence-corrected chi connectivity index (χ1v) is 7.55. The molecule has 7 heteroatoms. The number of carbonyl (C=O) groups excluding carboxylic acids is 1. The van der Waals surface area contributed by atoms with Crippen molar-refractivity contribution in [2.75, 3.05) is 5.32 Å². The van der Waals surface area contributed by atoms with E-state index in [1.54, 1.807) is 12.1 Å². The first-order valence-electron chi connectivity index (χ1n) is 6.80. The number of carbonyl (C=O) groups is 1. The quantitative estimate of drug-likeness (QED) is 0.909. The molecule has 0 saturated heterocycles. The second-order valence-electron chi connectivity index (χ2n) is 4.77. The van der Waals surface area contributed by atoms with Gasteiger partial charge in [-0.2, -0.15) is 0 Å². The Morgan fingerprint density at radius 3 is 2.73 bits per heavy atom. The van der Waals surface area contributed by atoms with Gasteiger partial charge in [-0.15, -0.1) is 0 Å². The normalized spacial score (nSPS) is 10.5. The molecule has 1 aromatic carbocycles. The van der Waals surface area contributed by atoms with Gasteiger partial charge in [-0.3, -0.25) is 14.2 Å².